The van der Waals surface area contributed by atoms with E-state index in [1.165, 1.54) is 64.8 Å². The third kappa shape index (κ3) is 8.42. The minimum atomic E-state index is -2.87. The van der Waals surface area contributed by atoms with Gasteiger partial charge < -0.3 is 13.8 Å². The monoisotopic (exact) mass is 546 g/mol. The molecule has 0 heterocycles. The maximum absolute atomic E-state index is 12.5. The van der Waals surface area contributed by atoms with Crippen LogP contribution in [0.3, 0.4) is 0 Å². The zero-order chi connectivity index (χ0) is 27.3. The Kier molecular flexibility index (Phi) is 11.4. The molecule has 0 amide bonds. The predicted molar refractivity (Wildman–Crippen MR) is 165 cm³/mol. The Labute approximate surface area is 234 Å². The lowest BCUT2D eigenvalue weighted by Crippen LogP contribution is -2.00. The van der Waals surface area contributed by atoms with Crippen molar-refractivity contribution in [2.45, 2.75) is 65.2 Å². The molecular weight excluding hydrogens is 503 g/mol. The van der Waals surface area contributed by atoms with E-state index in [2.05, 4.69) is 78.9 Å². The van der Waals surface area contributed by atoms with Crippen molar-refractivity contribution >= 4 is 29.1 Å². The number of benzene rings is 4. The SMILES string of the molecule is CCOP(=O)(CCCCCCCCCCOc1ccc(-c2c3ccccc3cc3ccccc23)cc1)OCC. The van der Waals surface area contributed by atoms with E-state index in [-0.39, 0.29) is 0 Å². The topological polar surface area (TPSA) is 44.8 Å². The van der Waals surface area contributed by atoms with Gasteiger partial charge in [-0.05, 0) is 77.6 Å². The Morgan fingerprint density at radius 2 is 1.13 bits per heavy atom. The standard InChI is InChI=1S/C34H43O4P/c1-3-37-39(35,38-4-2)26-16-10-8-6-5-7-9-15-25-36-31-23-21-28(22-24-31)34-32-19-13-11-17-29(32)27-30-18-12-14-20-33(30)34/h11-14,17-24,27H,3-10,15-16,25-26H2,1-2H3. The van der Waals surface area contributed by atoms with Gasteiger partial charge in [0.1, 0.15) is 5.75 Å². The fourth-order valence-corrected chi connectivity index (χ4v) is 6.99. The highest BCUT2D eigenvalue weighted by molar-refractivity contribution is 7.53. The van der Waals surface area contributed by atoms with Crippen molar-refractivity contribution in [2.24, 2.45) is 0 Å². The minimum absolute atomic E-state index is 0.439. The van der Waals surface area contributed by atoms with Gasteiger partial charge in [0.15, 0.2) is 0 Å². The second-order valence-electron chi connectivity index (χ2n) is 10.1. The van der Waals surface area contributed by atoms with Crippen molar-refractivity contribution in [1.29, 1.82) is 0 Å². The van der Waals surface area contributed by atoms with E-state index in [1.807, 2.05) is 13.8 Å². The van der Waals surface area contributed by atoms with Gasteiger partial charge in [0, 0.05) is 0 Å². The van der Waals surface area contributed by atoms with E-state index in [4.69, 9.17) is 13.8 Å². The number of hydrogen-bond donors (Lipinski definition) is 0. The average Bonchev–Trinajstić information content (AvgIpc) is 2.95. The molecule has 4 rings (SSSR count). The summed E-state index contributed by atoms with van der Waals surface area (Å²) in [6.07, 6.45) is 9.64. The number of hydrogen-bond acceptors (Lipinski definition) is 4. The molecule has 4 nitrogen and oxygen atoms in total. The molecule has 0 radical (unpaired) electrons. The van der Waals surface area contributed by atoms with Crippen LogP contribution in [0, 0.1) is 0 Å². The van der Waals surface area contributed by atoms with Crippen molar-refractivity contribution < 1.29 is 18.3 Å². The van der Waals surface area contributed by atoms with Crippen LogP contribution >= 0.6 is 7.60 Å². The molecule has 0 N–H and O–H groups in total. The third-order valence-corrected chi connectivity index (χ3v) is 9.33. The molecule has 0 fully saturated rings. The van der Waals surface area contributed by atoms with Crippen LogP contribution in [0.4, 0.5) is 0 Å². The molecule has 4 aromatic carbocycles. The van der Waals surface area contributed by atoms with Crippen molar-refractivity contribution in [3.05, 3.63) is 78.9 Å². The van der Waals surface area contributed by atoms with E-state index >= 15 is 0 Å². The van der Waals surface area contributed by atoms with Crippen molar-refractivity contribution in [3.8, 4) is 16.9 Å². The van der Waals surface area contributed by atoms with Gasteiger partial charge in [-0.15, -0.1) is 0 Å². The molecule has 0 bridgehead atoms. The summed E-state index contributed by atoms with van der Waals surface area (Å²) in [4.78, 5) is 0. The predicted octanol–water partition coefficient (Wildman–Crippen LogP) is 10.4. The van der Waals surface area contributed by atoms with Crippen LogP contribution in [-0.4, -0.2) is 26.0 Å². The van der Waals surface area contributed by atoms with Crippen LogP contribution in [0.5, 0.6) is 5.75 Å². The van der Waals surface area contributed by atoms with Gasteiger partial charge >= 0.3 is 7.60 Å². The summed E-state index contributed by atoms with van der Waals surface area (Å²) >= 11 is 0. The van der Waals surface area contributed by atoms with E-state index in [9.17, 15) is 4.57 Å². The van der Waals surface area contributed by atoms with Gasteiger partial charge in [-0.2, -0.15) is 0 Å². The normalized spacial score (nSPS) is 11.8. The lowest BCUT2D eigenvalue weighted by atomic mass is 9.92. The summed E-state index contributed by atoms with van der Waals surface area (Å²) in [7, 11) is -2.87. The Morgan fingerprint density at radius 1 is 0.615 bits per heavy atom. The Balaban J connectivity index is 1.16. The first kappa shape index (κ1) is 29.3. The minimum Gasteiger partial charge on any atom is -0.494 e. The molecule has 0 unspecified atom stereocenters. The zero-order valence-electron chi connectivity index (χ0n) is 23.6. The van der Waals surface area contributed by atoms with Crippen molar-refractivity contribution in [3.63, 3.8) is 0 Å². The number of fused-ring (bicyclic) bond motifs is 2. The van der Waals surface area contributed by atoms with Gasteiger partial charge in [0.05, 0.1) is 26.0 Å². The zero-order valence-corrected chi connectivity index (χ0v) is 24.5. The molecule has 0 aliphatic carbocycles. The number of rotatable bonds is 17. The van der Waals surface area contributed by atoms with Gasteiger partial charge in [0.2, 0.25) is 0 Å². The fourth-order valence-electron chi connectivity index (χ4n) is 5.26. The van der Waals surface area contributed by atoms with Crippen LogP contribution in [0.25, 0.3) is 32.7 Å². The molecule has 0 aliphatic rings. The summed E-state index contributed by atoms with van der Waals surface area (Å²) in [6.45, 7) is 5.35. The van der Waals surface area contributed by atoms with Crippen LogP contribution in [-0.2, 0) is 13.6 Å². The average molecular weight is 547 g/mol. The Bertz CT molecular complexity index is 1280. The summed E-state index contributed by atoms with van der Waals surface area (Å²) < 4.78 is 29.2. The Hall–Kier alpha value is -2.65. The highest BCUT2D eigenvalue weighted by Gasteiger charge is 2.22. The second kappa shape index (κ2) is 15.2. The molecule has 0 spiro atoms. The molecule has 0 aromatic heterocycles. The van der Waals surface area contributed by atoms with E-state index in [0.717, 1.165) is 31.6 Å². The molecule has 0 saturated carbocycles. The second-order valence-corrected chi connectivity index (χ2v) is 12.3. The van der Waals surface area contributed by atoms with Crippen LogP contribution in [0.2, 0.25) is 0 Å². The summed E-state index contributed by atoms with van der Waals surface area (Å²) in [5, 5.41) is 5.09. The van der Waals surface area contributed by atoms with Crippen molar-refractivity contribution in [2.75, 3.05) is 26.0 Å². The summed E-state index contributed by atoms with van der Waals surface area (Å²) in [5.74, 6) is 0.930. The summed E-state index contributed by atoms with van der Waals surface area (Å²) in [6, 6.07) is 28.1. The Morgan fingerprint density at radius 3 is 1.69 bits per heavy atom. The lowest BCUT2D eigenvalue weighted by molar-refractivity contribution is 0.219. The quantitative estimate of drug-likeness (QED) is 0.0751. The highest BCUT2D eigenvalue weighted by Crippen LogP contribution is 2.48. The van der Waals surface area contributed by atoms with Gasteiger partial charge in [-0.1, -0.05) is 99.2 Å². The molecule has 4 aromatic rings. The number of unbranched alkanes of at least 4 members (excludes halogenated alkanes) is 7. The molecule has 0 aliphatic heterocycles. The summed E-state index contributed by atoms with van der Waals surface area (Å²) in [5.41, 5.74) is 2.50. The first-order valence-corrected chi connectivity index (χ1v) is 16.4. The highest BCUT2D eigenvalue weighted by atomic mass is 31.2. The first-order valence-electron chi connectivity index (χ1n) is 14.7. The largest absolute Gasteiger partial charge is 0.494 e. The van der Waals surface area contributed by atoms with Crippen LogP contribution in [0.1, 0.15) is 65.2 Å². The van der Waals surface area contributed by atoms with Crippen LogP contribution < -0.4 is 4.74 Å². The lowest BCUT2D eigenvalue weighted by Gasteiger charge is -2.16. The van der Waals surface area contributed by atoms with Crippen LogP contribution in [0.15, 0.2) is 78.9 Å². The van der Waals surface area contributed by atoms with E-state index < -0.39 is 7.60 Å². The smallest absolute Gasteiger partial charge is 0.330 e. The molecule has 0 saturated heterocycles. The first-order chi connectivity index (χ1) is 19.1. The van der Waals surface area contributed by atoms with E-state index in [1.54, 1.807) is 0 Å². The third-order valence-electron chi connectivity index (χ3n) is 7.16. The molecular formula is C34H43O4P. The van der Waals surface area contributed by atoms with Crippen molar-refractivity contribution in [1.82, 2.24) is 0 Å². The molecule has 39 heavy (non-hydrogen) atoms. The maximum atomic E-state index is 12.5. The molecule has 208 valence electrons. The van der Waals surface area contributed by atoms with Gasteiger partial charge in [-0.3, -0.25) is 4.57 Å². The fraction of sp³-hybridized carbons (Fsp3) is 0.412. The van der Waals surface area contributed by atoms with E-state index in [0.29, 0.717) is 19.4 Å². The molecule has 5 heteroatoms. The molecule has 0 atom stereocenters. The van der Waals surface area contributed by atoms with Gasteiger partial charge in [0.25, 0.3) is 0 Å². The maximum Gasteiger partial charge on any atom is 0.330 e. The number of ether oxygens (including phenoxy) is 1. The van der Waals surface area contributed by atoms with Gasteiger partial charge in [-0.25, -0.2) is 0 Å².